The second-order valence-corrected chi connectivity index (χ2v) is 7.17. The van der Waals surface area contributed by atoms with Crippen molar-refractivity contribution in [2.75, 3.05) is 18.1 Å². The number of rotatable bonds is 3. The minimum Gasteiger partial charge on any atom is -0.504 e. The molecule has 2 aromatic carbocycles. The van der Waals surface area contributed by atoms with Gasteiger partial charge in [-0.15, -0.1) is 0 Å². The van der Waals surface area contributed by atoms with Crippen molar-refractivity contribution in [2.24, 2.45) is 0 Å². The van der Waals surface area contributed by atoms with E-state index in [9.17, 15) is 10.2 Å². The molecule has 1 aliphatic rings. The molecule has 1 aromatic heterocycles. The Morgan fingerprint density at radius 3 is 2.71 bits per heavy atom. The number of phenols is 1. The van der Waals surface area contributed by atoms with Crippen LogP contribution in [0.5, 0.6) is 11.5 Å². The van der Waals surface area contributed by atoms with Gasteiger partial charge in [-0.3, -0.25) is 0 Å². The van der Waals surface area contributed by atoms with E-state index in [1.807, 2.05) is 30.3 Å². The molecule has 5 nitrogen and oxygen atoms in total. The summed E-state index contributed by atoms with van der Waals surface area (Å²) in [6.45, 7) is 5.43. The Bertz CT molecular complexity index is 1000. The normalized spacial score (nSPS) is 14.8. The summed E-state index contributed by atoms with van der Waals surface area (Å²) in [5, 5.41) is 20.4. The highest BCUT2D eigenvalue weighted by molar-refractivity contribution is 5.72. The zero-order valence-corrected chi connectivity index (χ0v) is 16.1. The maximum atomic E-state index is 10.6. The Kier molecular flexibility index (Phi) is 4.92. The molecular weight excluding hydrogens is 352 g/mol. The number of hydrogen-bond donors (Lipinski definition) is 2. The molecule has 28 heavy (non-hydrogen) atoms. The van der Waals surface area contributed by atoms with Crippen LogP contribution < -0.4 is 9.64 Å². The van der Waals surface area contributed by atoms with Gasteiger partial charge in [0.2, 0.25) is 0 Å². The molecule has 1 aliphatic heterocycles. The van der Waals surface area contributed by atoms with Crippen molar-refractivity contribution in [3.05, 3.63) is 71.4 Å². The second kappa shape index (κ2) is 7.52. The molecule has 4 rings (SSSR count). The molecule has 1 atom stereocenters. The van der Waals surface area contributed by atoms with Crippen molar-refractivity contribution in [1.82, 2.24) is 4.98 Å². The number of fused-ring (bicyclic) bond motifs is 1. The number of aliphatic hydroxyl groups excluding tert-OH is 1. The Hall–Kier alpha value is -3.05. The first kappa shape index (κ1) is 18.3. The Morgan fingerprint density at radius 2 is 1.93 bits per heavy atom. The molecule has 0 bridgehead atoms. The number of aliphatic hydroxyl groups is 1. The molecule has 2 heterocycles. The fraction of sp³-hybridized carbons (Fsp3) is 0.261. The fourth-order valence-corrected chi connectivity index (χ4v) is 3.60. The lowest BCUT2D eigenvalue weighted by atomic mass is 9.98. The number of nitrogens with zero attached hydrogens (tertiary/aromatic N) is 2. The van der Waals surface area contributed by atoms with E-state index in [1.54, 1.807) is 13.0 Å². The van der Waals surface area contributed by atoms with E-state index < -0.39 is 6.10 Å². The van der Waals surface area contributed by atoms with Gasteiger partial charge in [0.1, 0.15) is 12.4 Å². The van der Waals surface area contributed by atoms with Crippen LogP contribution in [0.4, 0.5) is 5.82 Å². The van der Waals surface area contributed by atoms with Gasteiger partial charge < -0.3 is 19.8 Å². The topological polar surface area (TPSA) is 65.8 Å². The second-order valence-electron chi connectivity index (χ2n) is 7.17. The summed E-state index contributed by atoms with van der Waals surface area (Å²) < 4.78 is 5.86. The average molecular weight is 376 g/mol. The number of aromatic hydroxyl groups is 1. The number of ether oxygens (including phenoxy) is 1. The number of aromatic nitrogens is 1. The summed E-state index contributed by atoms with van der Waals surface area (Å²) >= 11 is 0. The predicted molar refractivity (Wildman–Crippen MR) is 110 cm³/mol. The van der Waals surface area contributed by atoms with Gasteiger partial charge in [-0.05, 0) is 54.8 Å². The minimum atomic E-state index is -0.618. The lowest BCUT2D eigenvalue weighted by molar-refractivity contribution is 0.194. The number of pyridine rings is 1. The van der Waals surface area contributed by atoms with E-state index >= 15 is 0 Å². The van der Waals surface area contributed by atoms with Gasteiger partial charge in [0.15, 0.2) is 11.5 Å². The fourth-order valence-electron chi connectivity index (χ4n) is 3.60. The van der Waals surface area contributed by atoms with Gasteiger partial charge in [0.05, 0.1) is 18.3 Å². The highest BCUT2D eigenvalue weighted by Crippen LogP contribution is 2.38. The third-order valence-corrected chi connectivity index (χ3v) is 5.08. The van der Waals surface area contributed by atoms with Gasteiger partial charge in [0.25, 0.3) is 0 Å². The third kappa shape index (κ3) is 3.53. The Labute approximate surface area is 164 Å². The smallest absolute Gasteiger partial charge is 0.166 e. The number of benzene rings is 2. The molecule has 5 heteroatoms. The summed E-state index contributed by atoms with van der Waals surface area (Å²) in [7, 11) is 0. The first-order valence-corrected chi connectivity index (χ1v) is 9.47. The van der Waals surface area contributed by atoms with Crippen molar-refractivity contribution in [1.29, 1.82) is 0 Å². The van der Waals surface area contributed by atoms with E-state index in [0.717, 1.165) is 28.1 Å². The van der Waals surface area contributed by atoms with Crippen molar-refractivity contribution in [2.45, 2.75) is 26.5 Å². The standard InChI is InChI=1S/C23H24N2O3/c1-15-6-3-4-7-19(15)17-12-18-14-25(10-11-28-23(18)21(27)13-17)22-9-5-8-20(24-22)16(2)26/h3-9,12-13,16,26-27H,10-11,14H2,1-2H3/t16-/m0/s1. The molecule has 0 unspecified atom stereocenters. The van der Waals surface area contributed by atoms with Crippen LogP contribution in [0.25, 0.3) is 11.1 Å². The number of aryl methyl sites for hydroxylation is 1. The Morgan fingerprint density at radius 1 is 1.11 bits per heavy atom. The van der Waals surface area contributed by atoms with Crippen molar-refractivity contribution >= 4 is 5.82 Å². The van der Waals surface area contributed by atoms with E-state index in [0.29, 0.717) is 31.1 Å². The molecule has 0 aliphatic carbocycles. The van der Waals surface area contributed by atoms with Crippen LogP contribution in [0.2, 0.25) is 0 Å². The van der Waals surface area contributed by atoms with E-state index in [4.69, 9.17) is 4.74 Å². The largest absolute Gasteiger partial charge is 0.504 e. The Balaban J connectivity index is 1.73. The summed E-state index contributed by atoms with van der Waals surface area (Å²) in [5.41, 5.74) is 4.76. The summed E-state index contributed by atoms with van der Waals surface area (Å²) in [4.78, 5) is 6.70. The van der Waals surface area contributed by atoms with Crippen molar-refractivity contribution in [3.8, 4) is 22.6 Å². The molecule has 0 saturated heterocycles. The number of hydrogen-bond acceptors (Lipinski definition) is 5. The maximum absolute atomic E-state index is 10.6. The molecule has 0 amide bonds. The van der Waals surface area contributed by atoms with Crippen LogP contribution in [-0.2, 0) is 6.54 Å². The number of anilines is 1. The van der Waals surface area contributed by atoms with Crippen LogP contribution in [0.15, 0.2) is 54.6 Å². The molecule has 0 spiro atoms. The summed E-state index contributed by atoms with van der Waals surface area (Å²) in [5.74, 6) is 1.48. The van der Waals surface area contributed by atoms with Crippen LogP contribution in [-0.4, -0.2) is 28.3 Å². The molecule has 3 aromatic rings. The molecule has 0 fully saturated rings. The van der Waals surface area contributed by atoms with Crippen LogP contribution in [0, 0.1) is 6.92 Å². The number of phenolic OH excluding ortho intramolecular Hbond substituents is 1. The summed E-state index contributed by atoms with van der Waals surface area (Å²) in [6.07, 6.45) is -0.618. The highest BCUT2D eigenvalue weighted by atomic mass is 16.5. The molecular formula is C23H24N2O3. The van der Waals surface area contributed by atoms with Crippen molar-refractivity contribution in [3.63, 3.8) is 0 Å². The van der Waals surface area contributed by atoms with Crippen molar-refractivity contribution < 1.29 is 14.9 Å². The first-order chi connectivity index (χ1) is 13.5. The molecule has 0 radical (unpaired) electrons. The van der Waals surface area contributed by atoms with Crippen LogP contribution in [0.3, 0.4) is 0 Å². The first-order valence-electron chi connectivity index (χ1n) is 9.47. The lowest BCUT2D eigenvalue weighted by Crippen LogP contribution is -2.26. The van der Waals surface area contributed by atoms with E-state index in [1.165, 1.54) is 0 Å². The monoisotopic (exact) mass is 376 g/mol. The maximum Gasteiger partial charge on any atom is 0.166 e. The van der Waals surface area contributed by atoms with Crippen LogP contribution in [0.1, 0.15) is 29.8 Å². The van der Waals surface area contributed by atoms with Gasteiger partial charge in [-0.25, -0.2) is 4.98 Å². The zero-order chi connectivity index (χ0) is 19.7. The lowest BCUT2D eigenvalue weighted by Gasteiger charge is -2.22. The van der Waals surface area contributed by atoms with Gasteiger partial charge >= 0.3 is 0 Å². The predicted octanol–water partition coefficient (Wildman–Crippen LogP) is 4.21. The molecule has 0 saturated carbocycles. The van der Waals surface area contributed by atoms with Gasteiger partial charge in [-0.2, -0.15) is 0 Å². The van der Waals surface area contributed by atoms with Gasteiger partial charge in [0, 0.05) is 12.1 Å². The van der Waals surface area contributed by atoms with Gasteiger partial charge in [-0.1, -0.05) is 30.3 Å². The summed E-state index contributed by atoms with van der Waals surface area (Å²) in [6, 6.07) is 17.6. The zero-order valence-electron chi connectivity index (χ0n) is 16.1. The van der Waals surface area contributed by atoms with Crippen LogP contribution >= 0.6 is 0 Å². The SMILES string of the molecule is Cc1ccccc1-c1cc(O)c2c(c1)CN(c1cccc([C@H](C)O)n1)CCO2. The third-order valence-electron chi connectivity index (χ3n) is 5.08. The highest BCUT2D eigenvalue weighted by Gasteiger charge is 2.21. The quantitative estimate of drug-likeness (QED) is 0.717. The average Bonchev–Trinajstić information content (AvgIpc) is 2.91. The molecule has 144 valence electrons. The van der Waals surface area contributed by atoms with E-state index in [-0.39, 0.29) is 5.75 Å². The molecule has 2 N–H and O–H groups in total. The minimum absolute atomic E-state index is 0.156. The van der Waals surface area contributed by atoms with E-state index in [2.05, 4.69) is 35.0 Å².